The first-order valence-corrected chi connectivity index (χ1v) is 67.4. The summed E-state index contributed by atoms with van der Waals surface area (Å²) >= 11 is 0. The van der Waals surface area contributed by atoms with Crippen LogP contribution in [0.15, 0.2) is 5.11 Å². The average Bonchev–Trinajstić information content (AvgIpc) is 0.780. The predicted molar refractivity (Wildman–Crippen MR) is 503 cm³/mol. The molecule has 21 fully saturated rings. The predicted octanol–water partition coefficient (Wildman–Crippen LogP) is 7.70. The van der Waals surface area contributed by atoms with Crippen LogP contribution in [-0.2, 0) is 102 Å². The summed E-state index contributed by atoms with van der Waals surface area (Å²) in [5.41, 5.74) is 9.39. The lowest BCUT2D eigenvalue weighted by atomic mass is 9.95. The molecular weight excluding hydrogens is 1840 g/mol. The second kappa shape index (κ2) is 44.2. The Morgan fingerprint density at radius 2 is 0.386 bits per heavy atom. The Labute approximate surface area is 791 Å². The van der Waals surface area contributed by atoms with E-state index in [-0.39, 0.29) is 65.8 Å². The lowest BCUT2D eigenvalue weighted by Gasteiger charge is -2.51. The van der Waals surface area contributed by atoms with Crippen molar-refractivity contribution in [1.82, 2.24) is 0 Å². The van der Waals surface area contributed by atoms with E-state index in [0.717, 1.165) is 0 Å². The number of nitrogens with zero attached hydrogens (tertiary/aromatic N) is 3. The molecule has 35 atom stereocenters. The van der Waals surface area contributed by atoms with E-state index in [2.05, 4.69) is 10.0 Å². The highest BCUT2D eigenvalue weighted by molar-refractivity contribution is 6.76. The Hall–Kier alpha value is -0.572. The van der Waals surface area contributed by atoms with E-state index in [4.69, 9.17) is 102 Å². The first-order chi connectivity index (χ1) is 60.0. The third kappa shape index (κ3) is 27.3. The summed E-state index contributed by atoms with van der Waals surface area (Å²) in [5, 5.41) is 168. The zero-order chi connectivity index (χ0) is 100. The fourth-order valence-electron chi connectivity index (χ4n) is 14.4. The van der Waals surface area contributed by atoms with E-state index in [1.54, 1.807) is 0 Å². The van der Waals surface area contributed by atoms with E-state index < -0.39 is 308 Å². The van der Waals surface area contributed by atoms with Crippen molar-refractivity contribution >= 4 is 58.2 Å². The van der Waals surface area contributed by atoms with Gasteiger partial charge in [-0.15, -0.1) is 0 Å². The molecule has 13 N–H and O–H groups in total. The zero-order valence-electron chi connectivity index (χ0n) is 85.4. The van der Waals surface area contributed by atoms with E-state index in [1.807, 2.05) is 237 Å². The first-order valence-electron chi connectivity index (χ1n) is 47.1. The van der Waals surface area contributed by atoms with Crippen molar-refractivity contribution in [2.75, 3.05) is 59.4 Å². The van der Waals surface area contributed by atoms with Gasteiger partial charge in [-0.05, 0) is 139 Å². The summed E-state index contributed by atoms with van der Waals surface area (Å²) in [4.78, 5) is 2.90. The highest BCUT2D eigenvalue weighted by Crippen LogP contribution is 2.48. The maximum absolute atomic E-state index is 13.4. The van der Waals surface area contributed by atoms with Gasteiger partial charge in [0.05, 0.1) is 46.2 Å². The largest absolute Gasteiger partial charge is 0.414 e. The molecule has 132 heavy (non-hydrogen) atoms. The summed E-state index contributed by atoms with van der Waals surface area (Å²) in [6, 6.07) is 0. The molecule has 0 radical (unpaired) electrons. The molecule has 0 amide bonds. The standard InChI is InChI=1S/C87H173N3O35Si7/c1-81(2,3)126(22,23)105-39-46-66-53(91)59(97)75(112-46)120-68-48(41-107-128(26,27)83(7,8)9)114-77(61(99)55(68)93)122-70-50(43-109-130(30,31)85(13,14)15)116-79(63(101)57(70)95)124-72-52(45-111-132(34,35)87(19,20)21)118-80(73(65(72)103)104-38-36-37-89-90-88)125-71-51(44-110-131(32,33)86(16,17)18)117-78(64(102)58(71)96)123-69-49(42-108-129(28,29)84(10,11)12)115-76(62(100)56(69)94)121-67-47(40-106-127(24,25)82(4,5)6)113-74(119-66)60(98)54(67)92/h46-80,91-103H,36-45H2,1-35H3/t46-,47-,48-,49-,50-,51-,52-,53-,54-,55-,56-,57-,58-,59-,60-,61-,62-,63-,64-,65+,66-,67-,68-,69-,70-,71-,72-,73-,74-,75-,76-,77-,78-,79-,80-/m1/s1. The molecule has 0 aromatic heterocycles. The van der Waals surface area contributed by atoms with Gasteiger partial charge in [0.25, 0.3) is 0 Å². The van der Waals surface area contributed by atoms with Gasteiger partial charge < -0.3 is 168 Å². The molecule has 0 aliphatic carbocycles. The topological polar surface area (TPSA) is 515 Å². The Kier molecular flexibility index (Phi) is 39.0. The maximum Gasteiger partial charge on any atom is 0.192 e. The highest BCUT2D eigenvalue weighted by atomic mass is 28.4. The molecule has 14 bridgehead atoms. The minimum Gasteiger partial charge on any atom is -0.414 e. The number of azide groups is 1. The minimum absolute atomic E-state index is 0.0709. The number of aliphatic hydroxyl groups excluding tert-OH is 13. The van der Waals surface area contributed by atoms with Crippen LogP contribution in [0.3, 0.4) is 0 Å². The number of hydrogen-bond acceptors (Lipinski definition) is 36. The van der Waals surface area contributed by atoms with Crippen LogP contribution < -0.4 is 0 Å². The van der Waals surface area contributed by atoms with Crippen molar-refractivity contribution in [3.63, 3.8) is 0 Å². The van der Waals surface area contributed by atoms with Crippen molar-refractivity contribution in [1.29, 1.82) is 0 Å². The third-order valence-electron chi connectivity index (χ3n) is 31.2. The molecule has 21 heterocycles. The average molecular weight is 2020 g/mol. The van der Waals surface area contributed by atoms with Gasteiger partial charge in [-0.3, -0.25) is 0 Å². The van der Waals surface area contributed by atoms with E-state index >= 15 is 0 Å². The number of aliphatic hydroxyl groups is 13. The summed E-state index contributed by atoms with van der Waals surface area (Å²) in [6.45, 7) is 66.8. The van der Waals surface area contributed by atoms with Crippen LogP contribution >= 0.6 is 0 Å². The Balaban J connectivity index is 1.35. The molecule has 21 saturated heterocycles. The first kappa shape index (κ1) is 117. The second-order valence-corrected chi connectivity index (χ2v) is 81.7. The third-order valence-corrected chi connectivity index (χ3v) is 62.7. The molecular formula is C87H173N3O35Si7. The van der Waals surface area contributed by atoms with Crippen LogP contribution in [0.5, 0.6) is 0 Å². The summed E-state index contributed by atoms with van der Waals surface area (Å²) in [7, 11) is -19.9. The molecule has 21 rings (SSSR count). The summed E-state index contributed by atoms with van der Waals surface area (Å²) < 4.78 is 150. The highest BCUT2D eigenvalue weighted by Gasteiger charge is 2.63. The van der Waals surface area contributed by atoms with E-state index in [0.29, 0.717) is 0 Å². The van der Waals surface area contributed by atoms with E-state index in [9.17, 15) is 71.9 Å². The molecule has 45 heteroatoms. The van der Waals surface area contributed by atoms with Crippen molar-refractivity contribution in [2.45, 2.75) is 494 Å². The van der Waals surface area contributed by atoms with Crippen LogP contribution in [0.4, 0.5) is 0 Å². The van der Waals surface area contributed by atoms with E-state index in [1.165, 1.54) is 0 Å². The van der Waals surface area contributed by atoms with Crippen LogP contribution in [0, 0.1) is 0 Å². The van der Waals surface area contributed by atoms with Crippen molar-refractivity contribution in [2.24, 2.45) is 5.11 Å². The van der Waals surface area contributed by atoms with Crippen LogP contribution in [-0.4, -0.2) is 399 Å². The van der Waals surface area contributed by atoms with Crippen molar-refractivity contribution in [3.05, 3.63) is 10.4 Å². The smallest absolute Gasteiger partial charge is 0.192 e. The van der Waals surface area contributed by atoms with Gasteiger partial charge in [-0.1, -0.05) is 151 Å². The quantitative estimate of drug-likeness (QED) is 0.0130. The molecule has 0 aromatic rings. The molecule has 21 aliphatic heterocycles. The monoisotopic (exact) mass is 2020 g/mol. The SMILES string of the molecule is CC(C)(C)[Si](C)(C)OC[C@H]1O[C@@H]2O[C@H]3[C@H](O)[C@@H](O)[C@@H](O[C@H]4[C@H](O)[C@@H](O)[C@@H](O[C@H]5[C@H](O)[C@@H](OCCCN=[N+]=[N-])[C@@H](O[C@H]6[C@H](O)[C@@H](O)[C@@H](O[C@H]7[C@H](O)[C@@H](O)[C@@H](O[C@H]8[C@H](O)[C@@H](O)[C@@H](O[C@H]1[C@H](O)[C@H]2O)O[C@@H]8CO[Si](C)(C)C(C)(C)C)O[C@@H]7CO[Si](C)(C)C(C)(C)C)O[C@@H]6CO[Si](C)(C)C(C)(C)C)O[C@@H]5CO[Si](C)(C)C(C)(C)C)O[C@@H]4CO[Si](C)(C)C(C)(C)C)O[C@@H]3CO[Si](C)(C)C(C)(C)C. The molecule has 0 spiro atoms. The van der Waals surface area contributed by atoms with Gasteiger partial charge in [-0.25, -0.2) is 0 Å². The zero-order valence-corrected chi connectivity index (χ0v) is 92.4. The number of rotatable bonds is 26. The van der Waals surface area contributed by atoms with Crippen LogP contribution in [0.1, 0.15) is 152 Å². The van der Waals surface area contributed by atoms with Crippen molar-refractivity contribution < 1.29 is 168 Å². The maximum atomic E-state index is 13.4. The van der Waals surface area contributed by atoms with Crippen LogP contribution in [0.2, 0.25) is 127 Å². The van der Waals surface area contributed by atoms with Gasteiger partial charge in [0.15, 0.2) is 102 Å². The molecule has 38 nitrogen and oxygen atoms in total. The van der Waals surface area contributed by atoms with Gasteiger partial charge in [0.2, 0.25) is 0 Å². The fraction of sp³-hybridized carbons (Fsp3) is 1.00. The number of hydrogen-bond donors (Lipinski definition) is 13. The Morgan fingerprint density at radius 1 is 0.235 bits per heavy atom. The normalized spacial score (nSPS) is 39.1. The fourth-order valence-corrected chi connectivity index (χ4v) is 21.5. The van der Waals surface area contributed by atoms with Gasteiger partial charge in [-0.2, -0.15) is 0 Å². The van der Waals surface area contributed by atoms with Crippen LogP contribution in [0.25, 0.3) is 10.4 Å². The number of ether oxygens (including phenoxy) is 15. The van der Waals surface area contributed by atoms with Crippen molar-refractivity contribution in [3.8, 4) is 0 Å². The Morgan fingerprint density at radius 3 is 0.545 bits per heavy atom. The lowest BCUT2D eigenvalue weighted by Crippen LogP contribution is -2.69. The minimum atomic E-state index is -2.85. The molecule has 0 saturated carbocycles. The summed E-state index contributed by atoms with van der Waals surface area (Å²) in [5.74, 6) is 0. The lowest BCUT2D eigenvalue weighted by molar-refractivity contribution is -0.397. The van der Waals surface area contributed by atoms with Gasteiger partial charge in [0.1, 0.15) is 171 Å². The van der Waals surface area contributed by atoms with Gasteiger partial charge >= 0.3 is 0 Å². The Bertz CT molecular complexity index is 3610. The second-order valence-electron chi connectivity index (χ2n) is 48.0. The van der Waals surface area contributed by atoms with Gasteiger partial charge in [0, 0.05) is 18.1 Å². The molecule has 21 aliphatic rings. The summed E-state index contributed by atoms with van der Waals surface area (Å²) in [6.07, 6.45) is -64.5. The molecule has 774 valence electrons. The molecule has 0 aromatic carbocycles. The molecule has 0 unspecified atom stereocenters.